The molecule has 10 nitrogen and oxygen atoms in total. The molecule has 0 bridgehead atoms. The second-order valence-electron chi connectivity index (χ2n) is 29.2. The highest BCUT2D eigenvalue weighted by Gasteiger charge is 2.71. The van der Waals surface area contributed by atoms with Crippen molar-refractivity contribution in [3.8, 4) is 11.1 Å². The molecule has 4 amide bonds. The molecule has 4 aliphatic heterocycles. The van der Waals surface area contributed by atoms with Crippen molar-refractivity contribution in [2.24, 2.45) is 63.6 Å². The normalized spacial score (nSPS) is 38.6. The topological polar surface area (TPSA) is 112 Å². The minimum atomic E-state index is -0.463. The summed E-state index contributed by atoms with van der Waals surface area (Å²) < 4.78 is 29.0. The maximum absolute atomic E-state index is 15.1. The second-order valence-corrected chi connectivity index (χ2v) is 29.2. The molecular formula is C70H88N2O8. The molecule has 6 saturated carbocycles. The highest BCUT2D eigenvalue weighted by Crippen LogP contribution is 2.76. The molecule has 0 aromatic heterocycles. The van der Waals surface area contributed by atoms with Gasteiger partial charge in [-0.1, -0.05) is 117 Å². The Bertz CT molecular complexity index is 3220. The number of benzene rings is 4. The molecule has 17 atom stereocenters. The molecule has 4 heterocycles. The maximum atomic E-state index is 15.1. The number of anilines is 1. The summed E-state index contributed by atoms with van der Waals surface area (Å²) in [5.74, 6) is 0.161. The molecule has 426 valence electrons. The van der Waals surface area contributed by atoms with E-state index in [0.29, 0.717) is 55.0 Å². The summed E-state index contributed by atoms with van der Waals surface area (Å²) >= 11 is 0. The number of rotatable bonds is 8. The van der Waals surface area contributed by atoms with Crippen molar-refractivity contribution in [2.75, 3.05) is 4.90 Å². The monoisotopic (exact) mass is 1080 g/mol. The van der Waals surface area contributed by atoms with Crippen molar-refractivity contribution in [3.63, 3.8) is 0 Å². The van der Waals surface area contributed by atoms with Crippen molar-refractivity contribution in [1.29, 1.82) is 0 Å². The van der Waals surface area contributed by atoms with Crippen LogP contribution in [0.25, 0.3) is 32.7 Å². The Labute approximate surface area is 475 Å². The third-order valence-corrected chi connectivity index (χ3v) is 24.6. The molecule has 10 fully saturated rings. The second kappa shape index (κ2) is 18.8. The largest absolute Gasteiger partial charge is 0.370 e. The van der Waals surface area contributed by atoms with E-state index in [1.54, 1.807) is 9.80 Å². The van der Waals surface area contributed by atoms with E-state index in [4.69, 9.17) is 18.9 Å². The van der Waals surface area contributed by atoms with E-state index in [1.807, 2.05) is 6.07 Å². The SMILES string of the molecule is CCC(CC)N1C(=O)C2CC3OC4CC5C(CC4OC3CC2C1=O)C1(CC(C)(C)C2CC3OC4CC6C(=O)N(c7c(C)cc(-c8cc(C)c(C(C)(CC)CC)c9ccccc89)c8ccccc78)C(=O)C6CC4OC3CC21)CC5(C)C. The fourth-order valence-electron chi connectivity index (χ4n) is 20.8. The molecule has 0 radical (unpaired) electrons. The van der Waals surface area contributed by atoms with E-state index in [-0.39, 0.29) is 112 Å². The third-order valence-electron chi connectivity index (χ3n) is 24.6. The average molecular weight is 1090 g/mol. The Morgan fingerprint density at radius 3 is 1.29 bits per heavy atom. The highest BCUT2D eigenvalue weighted by molar-refractivity contribution is 6.26. The fraction of sp³-hybridized carbons (Fsp3) is 0.657. The fourth-order valence-corrected chi connectivity index (χ4v) is 20.8. The number of hydrogen-bond donors (Lipinski definition) is 0. The lowest BCUT2D eigenvalue weighted by molar-refractivity contribution is -0.266. The van der Waals surface area contributed by atoms with Gasteiger partial charge in [-0.25, -0.2) is 4.90 Å². The molecule has 14 rings (SSSR count). The number of ether oxygens (including phenoxy) is 4. The standard InChI is InChI=1S/C70H88N2O8/c1-12-38(13-2)71-63(73)45-26-53-54(27-46(45)64(71)74)79-59-32-51-49(30-57(59)77-53)67(7,8)34-70(51)35-68(9,10)50-31-58-60(33-52(50)70)80-56-29-48-47(28-55(56)78-58)65(75)72(66(48)76)62-37(6)25-44(40-21-17-19-23-42(40)62)43-24-36(5)61(69(11,14-3)15-4)41-22-18-16-20-39(41)43/h16-25,38,45-60H,12-15,26-35H2,1-11H3. The summed E-state index contributed by atoms with van der Waals surface area (Å²) in [6, 6.07) is 21.8. The summed E-state index contributed by atoms with van der Waals surface area (Å²) in [7, 11) is 0. The van der Waals surface area contributed by atoms with Crippen LogP contribution in [0.2, 0.25) is 0 Å². The summed E-state index contributed by atoms with van der Waals surface area (Å²) in [5, 5.41) is 4.47. The van der Waals surface area contributed by atoms with Crippen LogP contribution in [0.1, 0.15) is 169 Å². The molecule has 17 unspecified atom stereocenters. The molecule has 6 aliphatic carbocycles. The third kappa shape index (κ3) is 7.60. The molecule has 1 spiro atoms. The van der Waals surface area contributed by atoms with Gasteiger partial charge in [0.2, 0.25) is 23.6 Å². The number of hydrogen-bond acceptors (Lipinski definition) is 8. The number of nitrogens with zero attached hydrogens (tertiary/aromatic N) is 2. The van der Waals surface area contributed by atoms with Gasteiger partial charge in [-0.2, -0.15) is 0 Å². The zero-order valence-corrected chi connectivity index (χ0v) is 49.6. The number of carbonyl (C=O) groups is 4. The number of amides is 4. The van der Waals surface area contributed by atoms with Gasteiger partial charge in [-0.3, -0.25) is 24.1 Å². The van der Waals surface area contributed by atoms with Crippen molar-refractivity contribution in [3.05, 3.63) is 77.4 Å². The van der Waals surface area contributed by atoms with Crippen LogP contribution in [0.5, 0.6) is 0 Å². The Morgan fingerprint density at radius 2 is 0.863 bits per heavy atom. The summed E-state index contributed by atoms with van der Waals surface area (Å²) in [6.07, 6.45) is 11.0. The van der Waals surface area contributed by atoms with Crippen LogP contribution >= 0.6 is 0 Å². The lowest BCUT2D eigenvalue weighted by atomic mass is 9.59. The van der Waals surface area contributed by atoms with Crippen molar-refractivity contribution in [2.45, 2.75) is 226 Å². The number of imide groups is 2. The van der Waals surface area contributed by atoms with Gasteiger partial charge in [0.15, 0.2) is 0 Å². The van der Waals surface area contributed by atoms with Crippen LogP contribution in [-0.4, -0.2) is 83.4 Å². The van der Waals surface area contributed by atoms with Crippen LogP contribution < -0.4 is 4.90 Å². The van der Waals surface area contributed by atoms with E-state index in [9.17, 15) is 9.59 Å². The molecule has 4 saturated heterocycles. The van der Waals surface area contributed by atoms with Gasteiger partial charge in [0.05, 0.1) is 78.2 Å². The van der Waals surface area contributed by atoms with Crippen molar-refractivity contribution >= 4 is 50.9 Å². The van der Waals surface area contributed by atoms with Crippen LogP contribution in [0.15, 0.2) is 60.7 Å². The van der Waals surface area contributed by atoms with Crippen LogP contribution in [0.4, 0.5) is 5.69 Å². The molecule has 0 N–H and O–H groups in total. The van der Waals surface area contributed by atoms with Gasteiger partial charge in [0.1, 0.15) is 0 Å². The van der Waals surface area contributed by atoms with E-state index in [1.165, 1.54) is 40.3 Å². The molecular weight excluding hydrogens is 997 g/mol. The number of likely N-dealkylation sites (tertiary alicyclic amines) is 1. The van der Waals surface area contributed by atoms with E-state index in [0.717, 1.165) is 73.3 Å². The van der Waals surface area contributed by atoms with Gasteiger partial charge in [-0.15, -0.1) is 0 Å². The Kier molecular flexibility index (Phi) is 12.6. The number of aryl methyl sites for hydroxylation is 2. The molecule has 10 aliphatic rings. The van der Waals surface area contributed by atoms with Crippen molar-refractivity contribution < 1.29 is 38.1 Å². The first-order chi connectivity index (χ1) is 38.2. The van der Waals surface area contributed by atoms with E-state index >= 15 is 9.59 Å². The van der Waals surface area contributed by atoms with Crippen LogP contribution in [0.3, 0.4) is 0 Å². The molecule has 80 heavy (non-hydrogen) atoms. The predicted molar refractivity (Wildman–Crippen MR) is 312 cm³/mol. The van der Waals surface area contributed by atoms with Crippen molar-refractivity contribution in [1.82, 2.24) is 4.90 Å². The first-order valence-corrected chi connectivity index (χ1v) is 31.7. The van der Waals surface area contributed by atoms with Gasteiger partial charge in [0.25, 0.3) is 0 Å². The van der Waals surface area contributed by atoms with Crippen LogP contribution in [0, 0.1) is 77.4 Å². The first-order valence-electron chi connectivity index (χ1n) is 31.7. The summed E-state index contributed by atoms with van der Waals surface area (Å²) in [5.41, 5.74) is 7.01. The minimum absolute atomic E-state index is 0.00435. The number of carbonyl (C=O) groups excluding carboxylic acids is 4. The molecule has 4 aromatic carbocycles. The summed E-state index contributed by atoms with van der Waals surface area (Å²) in [4.78, 5) is 61.1. The van der Waals surface area contributed by atoms with E-state index < -0.39 is 11.8 Å². The maximum Gasteiger partial charge on any atom is 0.237 e. The van der Waals surface area contributed by atoms with Gasteiger partial charge < -0.3 is 18.9 Å². The smallest absolute Gasteiger partial charge is 0.237 e. The lowest BCUT2D eigenvalue weighted by Crippen LogP contribution is -2.59. The quantitative estimate of drug-likeness (QED) is 0.160. The Balaban J connectivity index is 0.713. The molecule has 4 aromatic rings. The minimum Gasteiger partial charge on any atom is -0.370 e. The van der Waals surface area contributed by atoms with Gasteiger partial charge in [-0.05, 0) is 199 Å². The number of fused-ring (bicyclic) bond motifs is 12. The zero-order chi connectivity index (χ0) is 55.9. The summed E-state index contributed by atoms with van der Waals surface area (Å²) in [6.45, 7) is 25.5. The predicted octanol–water partition coefficient (Wildman–Crippen LogP) is 13.8. The van der Waals surface area contributed by atoms with Gasteiger partial charge in [0, 0.05) is 11.4 Å². The van der Waals surface area contributed by atoms with Gasteiger partial charge >= 0.3 is 0 Å². The first kappa shape index (κ1) is 53.5. The van der Waals surface area contributed by atoms with E-state index in [2.05, 4.69) is 131 Å². The van der Waals surface area contributed by atoms with Crippen LogP contribution in [-0.2, 0) is 43.5 Å². The zero-order valence-electron chi connectivity index (χ0n) is 49.6. The molecule has 10 heteroatoms. The lowest BCUT2D eigenvalue weighted by Gasteiger charge is -2.54. The highest BCUT2D eigenvalue weighted by atomic mass is 16.6. The Morgan fingerprint density at radius 1 is 0.500 bits per heavy atom. The average Bonchev–Trinajstić information content (AvgIpc) is 4.11. The Hall–Kier alpha value is -4.48.